The topological polar surface area (TPSA) is 58.4 Å². The zero-order valence-corrected chi connectivity index (χ0v) is 7.74. The van der Waals surface area contributed by atoms with Gasteiger partial charge < -0.3 is 5.73 Å². The molecule has 0 saturated carbocycles. The Morgan fingerprint density at radius 3 is 1.62 bits per heavy atom. The number of carbonyl (C=O) groups is 1. The Morgan fingerprint density at radius 2 is 1.62 bits per heavy atom. The molecule has 0 aromatic heterocycles. The van der Waals surface area contributed by atoms with Crippen molar-refractivity contribution in [3.05, 3.63) is 24.3 Å². The maximum absolute atomic E-state index is 9.88. The molecule has 0 aromatic carbocycles. The fourth-order valence-electron chi connectivity index (χ4n) is 0.883. The summed E-state index contributed by atoms with van der Waals surface area (Å²) >= 11 is 0. The summed E-state index contributed by atoms with van der Waals surface area (Å²) in [6.07, 6.45) is 0. The normalized spacial score (nSPS) is 10.1. The maximum atomic E-state index is 9.88. The second-order valence-electron chi connectivity index (χ2n) is 2.95. The number of hydrogen-bond donors (Lipinski definition) is 2. The molecule has 13 heavy (non-hydrogen) atoms. The van der Waals surface area contributed by atoms with Crippen LogP contribution < -0.4 is 11.2 Å². The number of fused-ring (bicyclic) bond motifs is 1. The molecule has 0 atom stereocenters. The lowest BCUT2D eigenvalue weighted by molar-refractivity contribution is 0.221. The molecule has 4 heteroatoms. The molecule has 2 aliphatic carbocycles. The van der Waals surface area contributed by atoms with Crippen LogP contribution in [0.5, 0.6) is 0 Å². The van der Waals surface area contributed by atoms with Crippen LogP contribution in [0.4, 0.5) is 4.79 Å². The van der Waals surface area contributed by atoms with Gasteiger partial charge in [0.2, 0.25) is 0 Å². The van der Waals surface area contributed by atoms with E-state index >= 15 is 0 Å². The van der Waals surface area contributed by atoms with Gasteiger partial charge in [0.25, 0.3) is 0 Å². The third-order valence-electron chi connectivity index (χ3n) is 1.55. The first kappa shape index (κ1) is 9.54. The van der Waals surface area contributed by atoms with Gasteiger partial charge in [-0.15, -0.1) is 0 Å². The van der Waals surface area contributed by atoms with Crippen LogP contribution in [0.25, 0.3) is 11.1 Å². The van der Waals surface area contributed by atoms with Crippen LogP contribution in [-0.4, -0.2) is 25.1 Å². The number of nitrogens with zero attached hydrogens (tertiary/aromatic N) is 1. The van der Waals surface area contributed by atoms with Crippen molar-refractivity contribution < 1.29 is 4.79 Å². The molecule has 0 bridgehead atoms. The molecule has 0 fully saturated rings. The molecule has 0 saturated heterocycles. The van der Waals surface area contributed by atoms with Gasteiger partial charge in [-0.25, -0.2) is 9.80 Å². The van der Waals surface area contributed by atoms with Crippen molar-refractivity contribution >= 4 is 6.03 Å². The van der Waals surface area contributed by atoms with Crippen molar-refractivity contribution in [2.75, 3.05) is 14.1 Å². The van der Waals surface area contributed by atoms with Crippen molar-refractivity contribution in [3.63, 3.8) is 0 Å². The lowest BCUT2D eigenvalue weighted by Gasteiger charge is -2.10. The summed E-state index contributed by atoms with van der Waals surface area (Å²) in [6, 6.07) is 7.94. The summed E-state index contributed by atoms with van der Waals surface area (Å²) in [6.45, 7) is 0. The highest BCUT2D eigenvalue weighted by Crippen LogP contribution is 2.29. The third-order valence-corrected chi connectivity index (χ3v) is 1.55. The molecule has 0 aliphatic heterocycles. The second-order valence-corrected chi connectivity index (χ2v) is 2.95. The molecule has 70 valence electrons. The molecule has 2 aliphatic rings. The zero-order chi connectivity index (χ0) is 9.84. The van der Waals surface area contributed by atoms with Gasteiger partial charge in [0.15, 0.2) is 0 Å². The van der Waals surface area contributed by atoms with Crippen molar-refractivity contribution in [1.29, 1.82) is 0 Å². The van der Waals surface area contributed by atoms with Gasteiger partial charge in [0.05, 0.1) is 0 Å². The first-order chi connectivity index (χ1) is 6.09. The molecule has 0 aromatic rings. The van der Waals surface area contributed by atoms with E-state index in [1.54, 1.807) is 14.1 Å². The van der Waals surface area contributed by atoms with E-state index in [9.17, 15) is 4.79 Å². The maximum Gasteiger partial charge on any atom is 0.326 e. The minimum Gasteiger partial charge on any atom is -0.351 e. The van der Waals surface area contributed by atoms with E-state index in [2.05, 4.69) is 29.7 Å². The quantitative estimate of drug-likeness (QED) is 0.636. The van der Waals surface area contributed by atoms with Gasteiger partial charge in [0, 0.05) is 14.1 Å². The Morgan fingerprint density at radius 1 is 1.23 bits per heavy atom. The van der Waals surface area contributed by atoms with Crippen molar-refractivity contribution in [3.8, 4) is 11.1 Å². The van der Waals surface area contributed by atoms with Gasteiger partial charge in [-0.05, 0) is 11.1 Å². The second kappa shape index (κ2) is 3.91. The number of rotatable bonds is 1. The molecule has 0 unspecified atom stereocenters. The Bertz CT molecular complexity index is 271. The summed E-state index contributed by atoms with van der Waals surface area (Å²) < 4.78 is 0. The lowest BCUT2D eigenvalue weighted by Crippen LogP contribution is -2.39. The molecule has 2 rings (SSSR count). The van der Waals surface area contributed by atoms with Crippen LogP contribution in [-0.2, 0) is 0 Å². The molecule has 0 radical (unpaired) electrons. The number of benzene rings is 1. The average molecular weight is 179 g/mol. The number of nitrogens with two attached hydrogens (primary N) is 1. The van der Waals surface area contributed by atoms with Crippen LogP contribution in [0.3, 0.4) is 0 Å². The summed E-state index contributed by atoms with van der Waals surface area (Å²) in [5, 5.41) is 1.47. The van der Waals surface area contributed by atoms with Crippen LogP contribution in [0, 0.1) is 0 Å². The summed E-state index contributed by atoms with van der Waals surface area (Å²) in [7, 11) is 3.37. The van der Waals surface area contributed by atoms with E-state index in [0.717, 1.165) is 0 Å². The van der Waals surface area contributed by atoms with Gasteiger partial charge in [-0.1, -0.05) is 24.3 Å². The molecule has 0 heterocycles. The zero-order valence-electron chi connectivity index (χ0n) is 7.74. The van der Waals surface area contributed by atoms with Crippen molar-refractivity contribution in [2.24, 2.45) is 5.73 Å². The van der Waals surface area contributed by atoms with Gasteiger partial charge >= 0.3 is 6.03 Å². The first-order valence-corrected chi connectivity index (χ1v) is 3.93. The number of carbonyl (C=O) groups excluding carboxylic acids is 1. The number of hydrogen-bond acceptors (Lipinski definition) is 2. The molecule has 2 amide bonds. The van der Waals surface area contributed by atoms with Crippen LogP contribution >= 0.6 is 0 Å². The first-order valence-electron chi connectivity index (χ1n) is 3.93. The van der Waals surface area contributed by atoms with E-state index in [4.69, 9.17) is 5.73 Å². The monoisotopic (exact) mass is 179 g/mol. The molecule has 3 N–H and O–H groups in total. The molecular weight excluding hydrogens is 166 g/mol. The summed E-state index contributed by atoms with van der Waals surface area (Å²) in [5.41, 5.74) is 9.83. The minimum absolute atomic E-state index is 0.537. The number of hydrazine groups is 1. The smallest absolute Gasteiger partial charge is 0.326 e. The third kappa shape index (κ3) is 2.76. The predicted octanol–water partition coefficient (Wildman–Crippen LogP) is 0.798. The molecule has 4 nitrogen and oxygen atoms in total. The highest BCUT2D eigenvalue weighted by atomic mass is 16.2. The lowest BCUT2D eigenvalue weighted by atomic mass is 9.95. The number of nitrogens with one attached hydrogen (secondary N) is 1. The summed E-state index contributed by atoms with van der Waals surface area (Å²) in [4.78, 5) is 9.88. The Kier molecular flexibility index (Phi) is 2.87. The average Bonchev–Trinajstić information content (AvgIpc) is 1.95. The number of primary amides is 1. The van der Waals surface area contributed by atoms with Gasteiger partial charge in [-0.3, -0.25) is 5.43 Å². The Balaban J connectivity index is 0.000000130. The van der Waals surface area contributed by atoms with E-state index in [-0.39, 0.29) is 0 Å². The molecule has 0 spiro atoms. The van der Waals surface area contributed by atoms with E-state index in [1.807, 2.05) is 0 Å². The van der Waals surface area contributed by atoms with Crippen molar-refractivity contribution in [2.45, 2.75) is 0 Å². The van der Waals surface area contributed by atoms with Crippen LogP contribution in [0.1, 0.15) is 0 Å². The highest BCUT2D eigenvalue weighted by Gasteiger charge is 2.03. The Hall–Kier alpha value is -1.55. The Labute approximate surface area is 77.3 Å². The van der Waals surface area contributed by atoms with Crippen molar-refractivity contribution in [1.82, 2.24) is 10.4 Å². The standard InChI is InChI=1S/C6H4.C3H9N3O/c1-2-6-4-3-5(1)6;1-6(2)5-3(4)7/h1-4H;1-2H3,(H3,4,5,7). The van der Waals surface area contributed by atoms with E-state index in [0.29, 0.717) is 0 Å². The van der Waals surface area contributed by atoms with Gasteiger partial charge in [0.1, 0.15) is 0 Å². The predicted molar refractivity (Wildman–Crippen MR) is 51.8 cm³/mol. The van der Waals surface area contributed by atoms with Gasteiger partial charge in [-0.2, -0.15) is 0 Å². The number of amides is 2. The largest absolute Gasteiger partial charge is 0.351 e. The highest BCUT2D eigenvalue weighted by molar-refractivity contribution is 5.75. The van der Waals surface area contributed by atoms with E-state index in [1.165, 1.54) is 16.1 Å². The molecular formula is C9H13N3O. The summed E-state index contributed by atoms with van der Waals surface area (Å²) in [5.74, 6) is 0. The van der Waals surface area contributed by atoms with Crippen LogP contribution in [0.2, 0.25) is 0 Å². The number of urea groups is 1. The fraction of sp³-hybridized carbons (Fsp3) is 0.222. The SMILES string of the molecule is CN(C)NC(N)=O.c1cc2ccc1-2. The van der Waals surface area contributed by atoms with E-state index < -0.39 is 6.03 Å². The minimum atomic E-state index is -0.537. The van der Waals surface area contributed by atoms with Crippen LogP contribution in [0.15, 0.2) is 24.3 Å². The fourth-order valence-corrected chi connectivity index (χ4v) is 0.883.